The van der Waals surface area contributed by atoms with Crippen molar-refractivity contribution in [1.82, 2.24) is 5.32 Å². The lowest BCUT2D eigenvalue weighted by Crippen LogP contribution is -2.39. The van der Waals surface area contributed by atoms with Crippen LogP contribution >= 0.6 is 0 Å². The third-order valence-electron chi connectivity index (χ3n) is 2.02. The van der Waals surface area contributed by atoms with Crippen molar-refractivity contribution in [3.05, 3.63) is 12.7 Å². The molecule has 78 valence electrons. The first-order valence-electron chi connectivity index (χ1n) is 4.36. The Hall–Kier alpha value is -1.52. The molecule has 0 aromatic rings. The number of cyclic esters (lactones) is 1. The predicted octanol–water partition coefficient (Wildman–Crippen LogP) is 0.460. The van der Waals surface area contributed by atoms with Gasteiger partial charge in [-0.3, -0.25) is 4.79 Å². The van der Waals surface area contributed by atoms with Crippen LogP contribution in [0.25, 0.3) is 0 Å². The highest BCUT2D eigenvalue weighted by Gasteiger charge is 2.34. The molecule has 1 aliphatic rings. The number of carbonyl (C=O) groups excluding carboxylic acids is 2. The molecule has 0 bridgehead atoms. The van der Waals surface area contributed by atoms with E-state index >= 15 is 0 Å². The molecule has 0 saturated carbocycles. The monoisotopic (exact) mass is 199 g/mol. The fourth-order valence-electron chi connectivity index (χ4n) is 1.11. The summed E-state index contributed by atoms with van der Waals surface area (Å²) in [5.41, 5.74) is 0. The summed E-state index contributed by atoms with van der Waals surface area (Å²) in [7, 11) is 0. The molecule has 0 aliphatic carbocycles. The molecule has 0 radical (unpaired) electrons. The van der Waals surface area contributed by atoms with Crippen molar-refractivity contribution in [3.8, 4) is 0 Å². The molecular formula is C9H13NO4. The third kappa shape index (κ3) is 2.48. The number of hydrogen-bond acceptors (Lipinski definition) is 4. The van der Waals surface area contributed by atoms with E-state index in [2.05, 4.69) is 11.9 Å². The summed E-state index contributed by atoms with van der Waals surface area (Å²) in [6, 6.07) is -0.292. The summed E-state index contributed by atoms with van der Waals surface area (Å²) < 4.78 is 9.46. The topological polar surface area (TPSA) is 64.6 Å². The van der Waals surface area contributed by atoms with Crippen molar-refractivity contribution in [1.29, 1.82) is 0 Å². The zero-order chi connectivity index (χ0) is 10.6. The molecule has 1 rings (SSSR count). The highest BCUT2D eigenvalue weighted by atomic mass is 16.6. The van der Waals surface area contributed by atoms with E-state index in [1.54, 1.807) is 6.92 Å². The van der Waals surface area contributed by atoms with Crippen LogP contribution in [0.4, 0.5) is 4.79 Å². The maximum Gasteiger partial charge on any atom is 0.407 e. The fourth-order valence-corrected chi connectivity index (χ4v) is 1.11. The Morgan fingerprint density at radius 2 is 2.57 bits per heavy atom. The summed E-state index contributed by atoms with van der Waals surface area (Å²) in [6.07, 6.45) is 0.916. The number of hydrogen-bond donors (Lipinski definition) is 1. The van der Waals surface area contributed by atoms with Crippen molar-refractivity contribution in [3.63, 3.8) is 0 Å². The standard InChI is InChI=1S/C9H13NO4/c1-3-4-13-9(12)10-7-5-14-8(11)6(7)2/h3,6-7H,1,4-5H2,2H3,(H,10,12)/t6-,7-/m1/s1. The molecule has 2 atom stereocenters. The Morgan fingerprint density at radius 1 is 1.86 bits per heavy atom. The van der Waals surface area contributed by atoms with E-state index in [1.807, 2.05) is 0 Å². The minimum atomic E-state index is -0.556. The van der Waals surface area contributed by atoms with Crippen molar-refractivity contribution in [2.24, 2.45) is 5.92 Å². The lowest BCUT2D eigenvalue weighted by molar-refractivity contribution is -0.140. The maximum atomic E-state index is 11.1. The number of amides is 1. The molecule has 5 nitrogen and oxygen atoms in total. The first-order chi connectivity index (χ1) is 6.65. The van der Waals surface area contributed by atoms with Crippen LogP contribution in [0.15, 0.2) is 12.7 Å². The van der Waals surface area contributed by atoms with E-state index in [4.69, 9.17) is 9.47 Å². The second-order valence-electron chi connectivity index (χ2n) is 3.06. The van der Waals surface area contributed by atoms with Gasteiger partial charge in [-0.1, -0.05) is 12.7 Å². The minimum absolute atomic E-state index is 0.155. The summed E-state index contributed by atoms with van der Waals surface area (Å²) in [5.74, 6) is -0.606. The van der Waals surface area contributed by atoms with Crippen molar-refractivity contribution in [2.75, 3.05) is 13.2 Å². The molecule has 1 amide bonds. The van der Waals surface area contributed by atoms with Crippen LogP contribution in [-0.4, -0.2) is 31.3 Å². The average Bonchev–Trinajstić information content (AvgIpc) is 2.46. The van der Waals surface area contributed by atoms with E-state index in [0.29, 0.717) is 0 Å². The predicted molar refractivity (Wildman–Crippen MR) is 48.6 cm³/mol. The number of ether oxygens (including phenoxy) is 2. The molecule has 0 spiro atoms. The quantitative estimate of drug-likeness (QED) is 0.529. The van der Waals surface area contributed by atoms with Gasteiger partial charge in [0.2, 0.25) is 0 Å². The molecule has 0 aromatic heterocycles. The summed E-state index contributed by atoms with van der Waals surface area (Å²) >= 11 is 0. The Labute approximate surface area is 82.1 Å². The van der Waals surface area contributed by atoms with Gasteiger partial charge < -0.3 is 14.8 Å². The summed E-state index contributed by atoms with van der Waals surface area (Å²) in [6.45, 7) is 5.48. The molecule has 14 heavy (non-hydrogen) atoms. The van der Waals surface area contributed by atoms with Crippen molar-refractivity contribution < 1.29 is 19.1 Å². The van der Waals surface area contributed by atoms with Crippen LogP contribution in [0.5, 0.6) is 0 Å². The van der Waals surface area contributed by atoms with E-state index in [0.717, 1.165) is 0 Å². The molecule has 0 unspecified atom stereocenters. The van der Waals surface area contributed by atoms with Gasteiger partial charge in [0, 0.05) is 0 Å². The van der Waals surface area contributed by atoms with Crippen LogP contribution < -0.4 is 5.32 Å². The number of rotatable bonds is 3. The highest BCUT2D eigenvalue weighted by Crippen LogP contribution is 2.14. The van der Waals surface area contributed by atoms with Gasteiger partial charge in [0.05, 0.1) is 12.0 Å². The second-order valence-corrected chi connectivity index (χ2v) is 3.06. The van der Waals surface area contributed by atoms with E-state index in [1.165, 1.54) is 6.08 Å². The molecule has 1 aliphatic heterocycles. The highest BCUT2D eigenvalue weighted by molar-refractivity contribution is 5.77. The zero-order valence-electron chi connectivity index (χ0n) is 7.99. The van der Waals surface area contributed by atoms with Crippen LogP contribution in [0.1, 0.15) is 6.92 Å². The van der Waals surface area contributed by atoms with Gasteiger partial charge in [0.25, 0.3) is 0 Å². The van der Waals surface area contributed by atoms with Gasteiger partial charge >= 0.3 is 12.1 Å². The van der Waals surface area contributed by atoms with Crippen LogP contribution in [0.3, 0.4) is 0 Å². The van der Waals surface area contributed by atoms with Gasteiger partial charge in [-0.05, 0) is 6.92 Å². The largest absolute Gasteiger partial charge is 0.463 e. The van der Waals surface area contributed by atoms with Crippen LogP contribution in [0, 0.1) is 5.92 Å². The number of esters is 1. The first-order valence-corrected chi connectivity index (χ1v) is 4.36. The maximum absolute atomic E-state index is 11.1. The first kappa shape index (κ1) is 10.6. The van der Waals surface area contributed by atoms with Gasteiger partial charge in [-0.2, -0.15) is 0 Å². The van der Waals surface area contributed by atoms with Gasteiger partial charge in [-0.25, -0.2) is 4.79 Å². The Morgan fingerprint density at radius 3 is 3.07 bits per heavy atom. The fraction of sp³-hybridized carbons (Fsp3) is 0.556. The summed E-state index contributed by atoms with van der Waals surface area (Å²) in [4.78, 5) is 22.0. The van der Waals surface area contributed by atoms with Gasteiger partial charge in [0.1, 0.15) is 13.2 Å². The van der Waals surface area contributed by atoms with Gasteiger partial charge in [-0.15, -0.1) is 0 Å². The molecule has 1 heterocycles. The molecule has 1 fully saturated rings. The van der Waals surface area contributed by atoms with E-state index in [9.17, 15) is 9.59 Å². The molecular weight excluding hydrogens is 186 g/mol. The minimum Gasteiger partial charge on any atom is -0.463 e. The third-order valence-corrected chi connectivity index (χ3v) is 2.02. The van der Waals surface area contributed by atoms with Crippen LogP contribution in [-0.2, 0) is 14.3 Å². The van der Waals surface area contributed by atoms with Crippen molar-refractivity contribution in [2.45, 2.75) is 13.0 Å². The average molecular weight is 199 g/mol. The molecule has 0 aromatic carbocycles. The zero-order valence-corrected chi connectivity index (χ0v) is 7.99. The van der Waals surface area contributed by atoms with E-state index in [-0.39, 0.29) is 31.1 Å². The SMILES string of the molecule is C=CCOC(=O)N[C@@H]1COC(=O)[C@@H]1C. The molecule has 1 N–H and O–H groups in total. The van der Waals surface area contributed by atoms with Crippen LogP contribution in [0.2, 0.25) is 0 Å². The number of carbonyl (C=O) groups is 2. The molecule has 1 saturated heterocycles. The Balaban J connectivity index is 2.33. The Kier molecular flexibility index (Phi) is 3.50. The lowest BCUT2D eigenvalue weighted by atomic mass is 10.1. The van der Waals surface area contributed by atoms with Gasteiger partial charge in [0.15, 0.2) is 0 Å². The number of alkyl carbamates (subject to hydrolysis) is 1. The Bertz CT molecular complexity index is 251. The number of nitrogens with one attached hydrogen (secondary N) is 1. The molecule has 5 heteroatoms. The lowest BCUT2D eigenvalue weighted by Gasteiger charge is -2.12. The summed E-state index contributed by atoms with van der Waals surface area (Å²) in [5, 5.41) is 2.54. The smallest absolute Gasteiger partial charge is 0.407 e. The normalized spacial score (nSPS) is 25.4. The van der Waals surface area contributed by atoms with E-state index < -0.39 is 6.09 Å². The van der Waals surface area contributed by atoms with Crippen molar-refractivity contribution >= 4 is 12.1 Å². The second kappa shape index (κ2) is 4.64.